The Balaban J connectivity index is 1.55. The van der Waals surface area contributed by atoms with Crippen molar-refractivity contribution in [3.8, 4) is 16.6 Å². The van der Waals surface area contributed by atoms with Crippen LogP contribution in [0.5, 0.6) is 11.5 Å². The van der Waals surface area contributed by atoms with Crippen LogP contribution >= 0.6 is 11.3 Å². The summed E-state index contributed by atoms with van der Waals surface area (Å²) in [6.07, 6.45) is 2.40. The van der Waals surface area contributed by atoms with Crippen LogP contribution in [-0.2, 0) is 4.79 Å². The number of carbonyl (C=O) groups is 1. The maximum Gasteiger partial charge on any atom is 0.226 e. The van der Waals surface area contributed by atoms with Gasteiger partial charge in [-0.05, 0) is 55.7 Å². The van der Waals surface area contributed by atoms with Gasteiger partial charge in [-0.1, -0.05) is 36.8 Å². The first kappa shape index (κ1) is 22.4. The average Bonchev–Trinajstić information content (AvgIpc) is 3.39. The van der Waals surface area contributed by atoms with Crippen LogP contribution in [0.3, 0.4) is 0 Å². The van der Waals surface area contributed by atoms with Crippen LogP contribution in [0, 0.1) is 13.8 Å². The second-order valence-electron chi connectivity index (χ2n) is 8.64. The first-order valence-corrected chi connectivity index (χ1v) is 12.4. The molecule has 4 aromatic rings. The maximum absolute atomic E-state index is 12.8. The normalized spacial score (nSPS) is 15.3. The number of thiazole rings is 1. The maximum atomic E-state index is 12.8. The lowest BCUT2D eigenvalue weighted by Gasteiger charge is -2.25. The Bertz CT molecular complexity index is 1370. The molecule has 1 aliphatic heterocycles. The zero-order valence-electron chi connectivity index (χ0n) is 19.8. The largest absolute Gasteiger partial charge is 0.493 e. The highest BCUT2D eigenvalue weighted by atomic mass is 32.1. The van der Waals surface area contributed by atoms with Crippen LogP contribution in [0.25, 0.3) is 15.3 Å². The first-order valence-electron chi connectivity index (χ1n) is 11.6. The molecule has 0 radical (unpaired) electrons. The van der Waals surface area contributed by atoms with Crippen LogP contribution < -0.4 is 14.8 Å². The minimum Gasteiger partial charge on any atom is -0.493 e. The van der Waals surface area contributed by atoms with Gasteiger partial charge in [-0.2, -0.15) is 9.78 Å². The number of fused-ring (bicyclic) bond motifs is 2. The van der Waals surface area contributed by atoms with E-state index in [1.54, 1.807) is 23.1 Å². The molecule has 2 aromatic heterocycles. The number of rotatable bonds is 7. The SMILES string of the molecule is CCCCOc1ccc(C2CC(=O)Nc3c2c(C)nn3-c2nc3ccc(C)cc3s2)cc1OC. The standard InChI is InChI=1S/C26H28N4O3S/c1-5-6-11-33-20-10-8-17(13-21(20)32-4)18-14-23(31)28-25-24(18)16(3)29-30(25)26-27-19-9-7-15(2)12-22(19)34-26/h7-10,12-13,18H,5-6,11,14H2,1-4H3,(H,28,31). The van der Waals surface area contributed by atoms with Crippen LogP contribution in [0.1, 0.15) is 54.5 Å². The van der Waals surface area contributed by atoms with E-state index in [4.69, 9.17) is 19.6 Å². The van der Waals surface area contributed by atoms with Crippen molar-refractivity contribution < 1.29 is 14.3 Å². The number of anilines is 1. The Labute approximate surface area is 202 Å². The van der Waals surface area contributed by atoms with Crippen molar-refractivity contribution in [2.24, 2.45) is 0 Å². The lowest BCUT2D eigenvalue weighted by atomic mass is 9.85. The summed E-state index contributed by atoms with van der Waals surface area (Å²) in [7, 11) is 1.64. The summed E-state index contributed by atoms with van der Waals surface area (Å²) < 4.78 is 14.4. The summed E-state index contributed by atoms with van der Waals surface area (Å²) in [6.45, 7) is 6.83. The molecule has 5 rings (SSSR count). The highest BCUT2D eigenvalue weighted by Gasteiger charge is 2.33. The molecule has 8 heteroatoms. The van der Waals surface area contributed by atoms with Gasteiger partial charge in [0.25, 0.3) is 0 Å². The van der Waals surface area contributed by atoms with E-state index in [2.05, 4.69) is 31.3 Å². The number of benzene rings is 2. The summed E-state index contributed by atoms with van der Waals surface area (Å²) >= 11 is 1.57. The number of amides is 1. The number of hydrogen-bond acceptors (Lipinski definition) is 6. The summed E-state index contributed by atoms with van der Waals surface area (Å²) in [4.78, 5) is 17.6. The van der Waals surface area contributed by atoms with Gasteiger partial charge in [0.2, 0.25) is 11.0 Å². The highest BCUT2D eigenvalue weighted by Crippen LogP contribution is 2.43. The fourth-order valence-electron chi connectivity index (χ4n) is 4.43. The predicted molar refractivity (Wildman–Crippen MR) is 135 cm³/mol. The number of nitrogens with one attached hydrogen (secondary N) is 1. The second-order valence-corrected chi connectivity index (χ2v) is 9.65. The number of methoxy groups -OCH3 is 1. The van der Waals surface area contributed by atoms with Crippen molar-refractivity contribution in [2.75, 3.05) is 19.0 Å². The minimum atomic E-state index is -0.132. The Morgan fingerprint density at radius 3 is 2.82 bits per heavy atom. The Kier molecular flexibility index (Phi) is 6.00. The fourth-order valence-corrected chi connectivity index (χ4v) is 5.45. The molecule has 3 heterocycles. The van der Waals surface area contributed by atoms with Crippen molar-refractivity contribution in [3.63, 3.8) is 0 Å². The molecular formula is C26H28N4O3S. The monoisotopic (exact) mass is 476 g/mol. The van der Waals surface area contributed by atoms with Gasteiger partial charge in [0, 0.05) is 17.9 Å². The van der Waals surface area contributed by atoms with Gasteiger partial charge < -0.3 is 14.8 Å². The number of carbonyl (C=O) groups excluding carboxylic acids is 1. The van der Waals surface area contributed by atoms with E-state index < -0.39 is 0 Å². The van der Waals surface area contributed by atoms with Gasteiger partial charge in [0.05, 0.1) is 29.6 Å². The third kappa shape index (κ3) is 4.03. The van der Waals surface area contributed by atoms with E-state index in [0.717, 1.165) is 50.8 Å². The average molecular weight is 477 g/mol. The molecule has 0 saturated carbocycles. The topological polar surface area (TPSA) is 78.3 Å². The third-order valence-electron chi connectivity index (χ3n) is 6.16. The van der Waals surface area contributed by atoms with Crippen LogP contribution in [-0.4, -0.2) is 34.4 Å². The molecule has 0 bridgehead atoms. The molecule has 0 aliphatic carbocycles. The molecule has 1 amide bonds. The minimum absolute atomic E-state index is 0.0437. The van der Waals surface area contributed by atoms with E-state index in [9.17, 15) is 4.79 Å². The van der Waals surface area contributed by atoms with Gasteiger partial charge in [-0.3, -0.25) is 4.79 Å². The second kappa shape index (κ2) is 9.10. The van der Waals surface area contributed by atoms with Crippen molar-refractivity contribution in [1.29, 1.82) is 0 Å². The Morgan fingerprint density at radius 1 is 1.18 bits per heavy atom. The fraction of sp³-hybridized carbons (Fsp3) is 0.346. The molecular weight excluding hydrogens is 448 g/mol. The smallest absolute Gasteiger partial charge is 0.226 e. The van der Waals surface area contributed by atoms with Crippen molar-refractivity contribution in [3.05, 3.63) is 58.8 Å². The van der Waals surface area contributed by atoms with E-state index >= 15 is 0 Å². The zero-order chi connectivity index (χ0) is 23.8. The van der Waals surface area contributed by atoms with Gasteiger partial charge in [0.15, 0.2) is 11.5 Å². The lowest BCUT2D eigenvalue weighted by molar-refractivity contribution is -0.116. The molecule has 0 fully saturated rings. The molecule has 1 atom stereocenters. The number of aromatic nitrogens is 3. The van der Waals surface area contributed by atoms with Gasteiger partial charge in [0.1, 0.15) is 5.82 Å². The molecule has 2 aromatic carbocycles. The summed E-state index contributed by atoms with van der Waals surface area (Å²) in [5, 5.41) is 8.58. The number of aryl methyl sites for hydroxylation is 2. The van der Waals surface area contributed by atoms with Crippen molar-refractivity contribution in [2.45, 2.75) is 46.0 Å². The van der Waals surface area contributed by atoms with Gasteiger partial charge >= 0.3 is 0 Å². The summed E-state index contributed by atoms with van der Waals surface area (Å²) in [5.74, 6) is 1.91. The van der Waals surface area contributed by atoms with Crippen molar-refractivity contribution in [1.82, 2.24) is 14.8 Å². The van der Waals surface area contributed by atoms with E-state index in [0.29, 0.717) is 24.6 Å². The summed E-state index contributed by atoms with van der Waals surface area (Å²) in [5.41, 5.74) is 4.99. The number of unbranched alkanes of at least 4 members (excludes halogenated alkanes) is 1. The Hall–Kier alpha value is -3.39. The van der Waals surface area contributed by atoms with Crippen LogP contribution in [0.2, 0.25) is 0 Å². The first-order chi connectivity index (χ1) is 16.5. The van der Waals surface area contributed by atoms with Gasteiger partial charge in [-0.15, -0.1) is 0 Å². The number of ether oxygens (including phenoxy) is 2. The van der Waals surface area contributed by atoms with E-state index in [1.165, 1.54) is 5.56 Å². The molecule has 1 N–H and O–H groups in total. The number of nitrogens with zero attached hydrogens (tertiary/aromatic N) is 3. The molecule has 34 heavy (non-hydrogen) atoms. The van der Waals surface area contributed by atoms with Crippen LogP contribution in [0.15, 0.2) is 36.4 Å². The summed E-state index contributed by atoms with van der Waals surface area (Å²) in [6, 6.07) is 12.1. The quantitative estimate of drug-likeness (QED) is 0.343. The zero-order valence-corrected chi connectivity index (χ0v) is 20.7. The number of hydrogen-bond donors (Lipinski definition) is 1. The van der Waals surface area contributed by atoms with E-state index in [1.807, 2.05) is 31.2 Å². The molecule has 0 saturated heterocycles. The molecule has 7 nitrogen and oxygen atoms in total. The highest BCUT2D eigenvalue weighted by molar-refractivity contribution is 7.20. The molecule has 0 spiro atoms. The molecule has 1 unspecified atom stereocenters. The molecule has 1 aliphatic rings. The van der Waals surface area contributed by atoms with Crippen molar-refractivity contribution >= 4 is 33.3 Å². The lowest BCUT2D eigenvalue weighted by Crippen LogP contribution is -2.25. The van der Waals surface area contributed by atoms with E-state index in [-0.39, 0.29) is 11.8 Å². The molecule has 176 valence electrons. The Morgan fingerprint density at radius 2 is 2.03 bits per heavy atom. The third-order valence-corrected chi connectivity index (χ3v) is 7.16. The van der Waals surface area contributed by atoms with Crippen LogP contribution in [0.4, 0.5) is 5.82 Å². The van der Waals surface area contributed by atoms with Gasteiger partial charge in [-0.25, -0.2) is 4.98 Å². The predicted octanol–water partition coefficient (Wildman–Crippen LogP) is 5.76.